The fourth-order valence-electron chi connectivity index (χ4n) is 3.78. The van der Waals surface area contributed by atoms with E-state index in [2.05, 4.69) is 15.4 Å². The van der Waals surface area contributed by atoms with Crippen LogP contribution < -0.4 is 5.32 Å². The summed E-state index contributed by atoms with van der Waals surface area (Å²) in [4.78, 5) is 29.0. The van der Waals surface area contributed by atoms with E-state index >= 15 is 0 Å². The molecule has 0 aromatic carbocycles. The SMILES string of the molecule is CC(C)(C)c1cc(NC(=O)CN2CCC(C(=O)N3CCCCC3)CC2)on1. The number of piperidine rings is 2. The Balaban J connectivity index is 1.42. The molecule has 1 N–H and O–H groups in total. The molecule has 7 heteroatoms. The first-order valence-corrected chi connectivity index (χ1v) is 10.1. The first kappa shape index (κ1) is 19.9. The van der Waals surface area contributed by atoms with Crippen LogP contribution in [-0.2, 0) is 15.0 Å². The number of carbonyl (C=O) groups excluding carboxylic acids is 2. The highest BCUT2D eigenvalue weighted by atomic mass is 16.5. The van der Waals surface area contributed by atoms with Crippen molar-refractivity contribution in [2.45, 2.75) is 58.3 Å². The second kappa shape index (κ2) is 8.42. The summed E-state index contributed by atoms with van der Waals surface area (Å²) in [7, 11) is 0. The summed E-state index contributed by atoms with van der Waals surface area (Å²) < 4.78 is 5.22. The monoisotopic (exact) mass is 376 g/mol. The molecule has 2 fully saturated rings. The number of likely N-dealkylation sites (tertiary alicyclic amines) is 2. The van der Waals surface area contributed by atoms with Gasteiger partial charge in [0.05, 0.1) is 12.2 Å². The van der Waals surface area contributed by atoms with Crippen molar-refractivity contribution < 1.29 is 14.1 Å². The molecular formula is C20H32N4O3. The molecule has 0 saturated carbocycles. The van der Waals surface area contributed by atoms with Crippen molar-refractivity contribution in [1.82, 2.24) is 15.0 Å². The van der Waals surface area contributed by atoms with Gasteiger partial charge in [-0.15, -0.1) is 0 Å². The number of amides is 2. The maximum absolute atomic E-state index is 12.6. The summed E-state index contributed by atoms with van der Waals surface area (Å²) in [5.74, 6) is 0.716. The van der Waals surface area contributed by atoms with E-state index in [-0.39, 0.29) is 17.2 Å². The molecule has 150 valence electrons. The van der Waals surface area contributed by atoms with Crippen LogP contribution in [0.3, 0.4) is 0 Å². The second-order valence-electron chi connectivity index (χ2n) is 8.81. The average Bonchev–Trinajstić information content (AvgIpc) is 3.11. The Kier molecular flexibility index (Phi) is 6.19. The lowest BCUT2D eigenvalue weighted by Crippen LogP contribution is -2.45. The summed E-state index contributed by atoms with van der Waals surface area (Å²) in [6.45, 7) is 9.84. The van der Waals surface area contributed by atoms with Crippen LogP contribution in [-0.4, -0.2) is 59.5 Å². The number of hydrogen-bond acceptors (Lipinski definition) is 5. The van der Waals surface area contributed by atoms with Crippen LogP contribution >= 0.6 is 0 Å². The number of anilines is 1. The Morgan fingerprint density at radius 2 is 1.81 bits per heavy atom. The average molecular weight is 377 g/mol. The largest absolute Gasteiger partial charge is 0.342 e. The highest BCUT2D eigenvalue weighted by molar-refractivity contribution is 5.91. The highest BCUT2D eigenvalue weighted by Gasteiger charge is 2.30. The van der Waals surface area contributed by atoms with Gasteiger partial charge in [-0.3, -0.25) is 19.8 Å². The fourth-order valence-corrected chi connectivity index (χ4v) is 3.78. The zero-order chi connectivity index (χ0) is 19.4. The van der Waals surface area contributed by atoms with E-state index in [1.54, 1.807) is 6.07 Å². The minimum atomic E-state index is -0.116. The third-order valence-corrected chi connectivity index (χ3v) is 5.51. The number of aromatic nitrogens is 1. The molecule has 2 aliphatic heterocycles. The Morgan fingerprint density at radius 3 is 2.41 bits per heavy atom. The minimum Gasteiger partial charge on any atom is -0.342 e. The van der Waals surface area contributed by atoms with E-state index in [4.69, 9.17) is 4.52 Å². The number of hydrogen-bond donors (Lipinski definition) is 1. The maximum atomic E-state index is 12.6. The summed E-state index contributed by atoms with van der Waals surface area (Å²) in [5.41, 5.74) is 0.699. The van der Waals surface area contributed by atoms with Gasteiger partial charge in [0.1, 0.15) is 0 Å². The number of nitrogens with zero attached hydrogens (tertiary/aromatic N) is 3. The van der Waals surface area contributed by atoms with Crippen LogP contribution in [0.4, 0.5) is 5.88 Å². The van der Waals surface area contributed by atoms with Crippen LogP contribution in [0.2, 0.25) is 0 Å². The summed E-state index contributed by atoms with van der Waals surface area (Å²) in [6, 6.07) is 1.78. The molecule has 27 heavy (non-hydrogen) atoms. The lowest BCUT2D eigenvalue weighted by molar-refractivity contribution is -0.138. The third kappa shape index (κ3) is 5.31. The molecule has 1 aromatic rings. The van der Waals surface area contributed by atoms with Gasteiger partial charge in [-0.2, -0.15) is 0 Å². The molecule has 3 rings (SSSR count). The van der Waals surface area contributed by atoms with Gasteiger partial charge in [-0.1, -0.05) is 25.9 Å². The third-order valence-electron chi connectivity index (χ3n) is 5.51. The molecular weight excluding hydrogens is 344 g/mol. The number of nitrogens with one attached hydrogen (secondary N) is 1. The Labute approximate surface area is 161 Å². The van der Waals surface area contributed by atoms with E-state index < -0.39 is 0 Å². The molecule has 1 aromatic heterocycles. The zero-order valence-electron chi connectivity index (χ0n) is 16.8. The first-order valence-electron chi connectivity index (χ1n) is 10.1. The van der Waals surface area contributed by atoms with Gasteiger partial charge in [0.2, 0.25) is 17.7 Å². The lowest BCUT2D eigenvalue weighted by Gasteiger charge is -2.35. The summed E-state index contributed by atoms with van der Waals surface area (Å²) in [6.07, 6.45) is 5.16. The molecule has 0 atom stereocenters. The minimum absolute atomic E-state index is 0.104. The van der Waals surface area contributed by atoms with E-state index in [1.165, 1.54) is 6.42 Å². The number of carbonyl (C=O) groups is 2. The van der Waals surface area contributed by atoms with Crippen LogP contribution in [0.15, 0.2) is 10.6 Å². The van der Waals surface area contributed by atoms with Crippen molar-refractivity contribution in [3.63, 3.8) is 0 Å². The van der Waals surface area contributed by atoms with Crippen molar-refractivity contribution in [3.05, 3.63) is 11.8 Å². The van der Waals surface area contributed by atoms with Gasteiger partial charge in [-0.25, -0.2) is 0 Å². The van der Waals surface area contributed by atoms with Crippen LogP contribution in [0, 0.1) is 5.92 Å². The first-order chi connectivity index (χ1) is 12.8. The quantitative estimate of drug-likeness (QED) is 0.874. The van der Waals surface area contributed by atoms with Crippen LogP contribution in [0.5, 0.6) is 0 Å². The zero-order valence-corrected chi connectivity index (χ0v) is 16.8. The van der Waals surface area contributed by atoms with Crippen molar-refractivity contribution in [1.29, 1.82) is 0 Å². The van der Waals surface area contributed by atoms with E-state index in [9.17, 15) is 9.59 Å². The topological polar surface area (TPSA) is 78.7 Å². The standard InChI is InChI=1S/C20H32N4O3/c1-20(2,3)16-13-18(27-22-16)21-17(25)14-23-11-7-15(8-12-23)19(26)24-9-5-4-6-10-24/h13,15H,4-12,14H2,1-3H3,(H,21,25). The maximum Gasteiger partial charge on any atom is 0.240 e. The Morgan fingerprint density at radius 1 is 1.15 bits per heavy atom. The van der Waals surface area contributed by atoms with Crippen molar-refractivity contribution in [2.24, 2.45) is 5.92 Å². The van der Waals surface area contributed by atoms with Gasteiger partial charge in [0.15, 0.2) is 0 Å². The van der Waals surface area contributed by atoms with Crippen LogP contribution in [0.25, 0.3) is 0 Å². The van der Waals surface area contributed by atoms with E-state index in [0.29, 0.717) is 18.3 Å². The lowest BCUT2D eigenvalue weighted by atomic mass is 9.92. The predicted octanol–water partition coefficient (Wildman–Crippen LogP) is 2.64. The molecule has 3 heterocycles. The van der Waals surface area contributed by atoms with Crippen molar-refractivity contribution in [3.8, 4) is 0 Å². The molecule has 0 bridgehead atoms. The van der Waals surface area contributed by atoms with E-state index in [0.717, 1.165) is 57.6 Å². The molecule has 0 spiro atoms. The predicted molar refractivity (Wildman–Crippen MR) is 103 cm³/mol. The van der Waals surface area contributed by atoms with Crippen molar-refractivity contribution in [2.75, 3.05) is 38.0 Å². The summed E-state index contributed by atoms with van der Waals surface area (Å²) >= 11 is 0. The van der Waals surface area contributed by atoms with Gasteiger partial charge < -0.3 is 9.42 Å². The fraction of sp³-hybridized carbons (Fsp3) is 0.750. The van der Waals surface area contributed by atoms with Gasteiger partial charge >= 0.3 is 0 Å². The highest BCUT2D eigenvalue weighted by Crippen LogP contribution is 2.24. The molecule has 2 amide bonds. The molecule has 2 saturated heterocycles. The van der Waals surface area contributed by atoms with Gasteiger partial charge in [-0.05, 0) is 45.2 Å². The van der Waals surface area contributed by atoms with Gasteiger partial charge in [0.25, 0.3) is 0 Å². The molecule has 0 aliphatic carbocycles. The van der Waals surface area contributed by atoms with E-state index in [1.807, 2.05) is 25.7 Å². The second-order valence-corrected chi connectivity index (χ2v) is 8.81. The normalized spacial score (nSPS) is 19.9. The Hall–Kier alpha value is -1.89. The molecule has 0 radical (unpaired) electrons. The van der Waals surface area contributed by atoms with Crippen molar-refractivity contribution >= 4 is 17.7 Å². The van der Waals surface area contributed by atoms with Gasteiger partial charge in [0, 0.05) is 30.5 Å². The molecule has 2 aliphatic rings. The molecule has 0 unspecified atom stereocenters. The Bertz CT molecular complexity index is 650. The summed E-state index contributed by atoms with van der Waals surface area (Å²) in [5, 5.41) is 6.80. The smallest absolute Gasteiger partial charge is 0.240 e. The number of rotatable bonds is 4. The van der Waals surface area contributed by atoms with Crippen LogP contribution in [0.1, 0.15) is 58.6 Å². The molecule has 7 nitrogen and oxygen atoms in total.